The lowest BCUT2D eigenvalue weighted by Gasteiger charge is -2.28. The van der Waals surface area contributed by atoms with E-state index in [1.807, 2.05) is 0 Å². The summed E-state index contributed by atoms with van der Waals surface area (Å²) in [5.74, 6) is 0.0999. The molecule has 1 saturated carbocycles. The molecule has 1 aliphatic heterocycles. The molecule has 0 aromatic heterocycles. The van der Waals surface area contributed by atoms with Crippen LogP contribution < -0.4 is 5.73 Å². The summed E-state index contributed by atoms with van der Waals surface area (Å²) in [5.41, 5.74) is 5.67. The Bertz CT molecular complexity index is 321. The normalized spacial score (nSPS) is 24.1. The van der Waals surface area contributed by atoms with Crippen LogP contribution in [0.15, 0.2) is 0 Å². The number of rotatable bonds is 3. The first-order valence-electron chi connectivity index (χ1n) is 5.75. The molecule has 16 heavy (non-hydrogen) atoms. The van der Waals surface area contributed by atoms with E-state index in [1.165, 1.54) is 4.90 Å². The Kier molecular flexibility index (Phi) is 3.23. The van der Waals surface area contributed by atoms with E-state index in [0.29, 0.717) is 18.8 Å². The molecular weight excluding hydrogens is 224 g/mol. The van der Waals surface area contributed by atoms with E-state index in [0.717, 1.165) is 25.7 Å². The molecule has 1 unspecified atom stereocenters. The van der Waals surface area contributed by atoms with Gasteiger partial charge in [0, 0.05) is 12.8 Å². The molecule has 2 amide bonds. The van der Waals surface area contributed by atoms with Crippen LogP contribution in [0.5, 0.6) is 0 Å². The van der Waals surface area contributed by atoms with Gasteiger partial charge >= 0.3 is 0 Å². The van der Waals surface area contributed by atoms with Crippen LogP contribution in [0.2, 0.25) is 0 Å². The molecule has 0 bridgehead atoms. The van der Waals surface area contributed by atoms with Gasteiger partial charge in [0.1, 0.15) is 0 Å². The van der Waals surface area contributed by atoms with Crippen LogP contribution in [0, 0.1) is 5.92 Å². The first-order valence-corrected chi connectivity index (χ1v) is 6.16. The number of amides is 2. The molecule has 88 valence electrons. The van der Waals surface area contributed by atoms with E-state index in [1.54, 1.807) is 0 Å². The van der Waals surface area contributed by atoms with Crippen LogP contribution in [0.25, 0.3) is 0 Å². The lowest BCUT2D eigenvalue weighted by atomic mass is 10.1. The standard InChI is InChI=1S/C11H16N2O2S/c12-11(16)10(7-5-6-7)13-8(14)3-1-2-4-9(13)15/h7,10H,1-6H2,(H2,12,16). The van der Waals surface area contributed by atoms with Crippen LogP contribution in [0.1, 0.15) is 38.5 Å². The Morgan fingerprint density at radius 2 is 1.75 bits per heavy atom. The molecule has 4 nitrogen and oxygen atoms in total. The largest absolute Gasteiger partial charge is 0.392 e. The van der Waals surface area contributed by atoms with Crippen molar-refractivity contribution in [2.24, 2.45) is 11.7 Å². The van der Waals surface area contributed by atoms with E-state index in [9.17, 15) is 9.59 Å². The van der Waals surface area contributed by atoms with Gasteiger partial charge in [0.15, 0.2) is 0 Å². The summed E-state index contributed by atoms with van der Waals surface area (Å²) >= 11 is 5.00. The molecule has 0 aromatic carbocycles. The van der Waals surface area contributed by atoms with Crippen molar-refractivity contribution in [1.82, 2.24) is 4.90 Å². The molecule has 2 aliphatic rings. The third kappa shape index (κ3) is 2.24. The summed E-state index contributed by atoms with van der Waals surface area (Å²) < 4.78 is 0. The van der Waals surface area contributed by atoms with Crippen LogP contribution >= 0.6 is 12.2 Å². The average Bonchev–Trinajstić information content (AvgIpc) is 3.02. The number of hydrogen-bond donors (Lipinski definition) is 1. The van der Waals surface area contributed by atoms with Crippen LogP contribution in [0.4, 0.5) is 0 Å². The molecule has 5 heteroatoms. The van der Waals surface area contributed by atoms with Crippen LogP contribution in [-0.2, 0) is 9.59 Å². The maximum atomic E-state index is 11.9. The minimum atomic E-state index is -0.326. The number of carbonyl (C=O) groups excluding carboxylic acids is 2. The number of thiocarbonyl (C=S) groups is 1. The highest BCUT2D eigenvalue weighted by atomic mass is 32.1. The molecular formula is C11H16N2O2S. The first kappa shape index (κ1) is 11.5. The van der Waals surface area contributed by atoms with Gasteiger partial charge in [-0.3, -0.25) is 14.5 Å². The SMILES string of the molecule is NC(=S)C(C1CC1)N1C(=O)CCCCC1=O. The quantitative estimate of drug-likeness (QED) is 0.590. The lowest BCUT2D eigenvalue weighted by molar-refractivity contribution is -0.145. The monoisotopic (exact) mass is 240 g/mol. The lowest BCUT2D eigenvalue weighted by Crippen LogP contribution is -2.50. The van der Waals surface area contributed by atoms with Gasteiger partial charge in [0.05, 0.1) is 11.0 Å². The van der Waals surface area contributed by atoms with Gasteiger partial charge in [-0.25, -0.2) is 0 Å². The molecule has 1 atom stereocenters. The van der Waals surface area contributed by atoms with E-state index < -0.39 is 0 Å². The zero-order valence-electron chi connectivity index (χ0n) is 9.15. The predicted molar refractivity (Wildman–Crippen MR) is 63.6 cm³/mol. The van der Waals surface area contributed by atoms with Crippen molar-refractivity contribution in [2.45, 2.75) is 44.6 Å². The molecule has 2 fully saturated rings. The molecule has 1 aliphatic carbocycles. The van der Waals surface area contributed by atoms with E-state index in [2.05, 4.69) is 0 Å². The van der Waals surface area contributed by atoms with Gasteiger partial charge in [-0.05, 0) is 31.6 Å². The highest BCUT2D eigenvalue weighted by Gasteiger charge is 2.42. The van der Waals surface area contributed by atoms with Crippen LogP contribution in [0.3, 0.4) is 0 Å². The molecule has 1 saturated heterocycles. The highest BCUT2D eigenvalue weighted by Crippen LogP contribution is 2.36. The van der Waals surface area contributed by atoms with Gasteiger partial charge in [-0.2, -0.15) is 0 Å². The number of likely N-dealkylation sites (tertiary alicyclic amines) is 1. The second-order valence-electron chi connectivity index (χ2n) is 4.55. The molecule has 0 aromatic rings. The molecule has 2 rings (SSSR count). The zero-order valence-corrected chi connectivity index (χ0v) is 9.96. The summed E-state index contributed by atoms with van der Waals surface area (Å²) in [6.45, 7) is 0. The Morgan fingerprint density at radius 1 is 1.25 bits per heavy atom. The average molecular weight is 240 g/mol. The first-order chi connectivity index (χ1) is 7.61. The fourth-order valence-corrected chi connectivity index (χ4v) is 2.52. The smallest absolute Gasteiger partial charge is 0.229 e. The molecule has 1 heterocycles. The van der Waals surface area contributed by atoms with Crippen LogP contribution in [-0.4, -0.2) is 27.7 Å². The summed E-state index contributed by atoms with van der Waals surface area (Å²) in [6, 6.07) is -0.326. The van der Waals surface area contributed by atoms with E-state index in [4.69, 9.17) is 18.0 Å². The maximum Gasteiger partial charge on any atom is 0.229 e. The summed E-state index contributed by atoms with van der Waals surface area (Å²) in [4.78, 5) is 25.4. The fourth-order valence-electron chi connectivity index (χ4n) is 2.23. The van der Waals surface area contributed by atoms with Crippen molar-refractivity contribution in [3.8, 4) is 0 Å². The van der Waals surface area contributed by atoms with E-state index >= 15 is 0 Å². The number of carbonyl (C=O) groups is 2. The van der Waals surface area contributed by atoms with Crippen molar-refractivity contribution in [3.63, 3.8) is 0 Å². The predicted octanol–water partition coefficient (Wildman–Crippen LogP) is 0.980. The number of hydrogen-bond acceptors (Lipinski definition) is 3. The number of nitrogens with zero attached hydrogens (tertiary/aromatic N) is 1. The summed E-state index contributed by atoms with van der Waals surface area (Å²) in [7, 11) is 0. The topological polar surface area (TPSA) is 63.4 Å². The summed E-state index contributed by atoms with van der Waals surface area (Å²) in [6.07, 6.45) is 4.48. The summed E-state index contributed by atoms with van der Waals surface area (Å²) in [5, 5.41) is 0. The van der Waals surface area contributed by atoms with Gasteiger partial charge in [0.2, 0.25) is 11.8 Å². The van der Waals surface area contributed by atoms with Crippen molar-refractivity contribution in [2.75, 3.05) is 0 Å². The minimum absolute atomic E-state index is 0.104. The number of nitrogens with two attached hydrogens (primary N) is 1. The molecule has 0 spiro atoms. The zero-order chi connectivity index (χ0) is 11.7. The third-order valence-corrected chi connectivity index (χ3v) is 3.45. The van der Waals surface area contributed by atoms with Crippen molar-refractivity contribution in [1.29, 1.82) is 0 Å². The van der Waals surface area contributed by atoms with Crippen molar-refractivity contribution in [3.05, 3.63) is 0 Å². The Labute approximate surface area is 100 Å². The Hall–Kier alpha value is -0.970. The van der Waals surface area contributed by atoms with Crippen molar-refractivity contribution < 1.29 is 9.59 Å². The van der Waals surface area contributed by atoms with Gasteiger partial charge in [-0.15, -0.1) is 0 Å². The van der Waals surface area contributed by atoms with E-state index in [-0.39, 0.29) is 22.8 Å². The maximum absolute atomic E-state index is 11.9. The molecule has 0 radical (unpaired) electrons. The third-order valence-electron chi connectivity index (χ3n) is 3.21. The van der Waals surface area contributed by atoms with Gasteiger partial charge < -0.3 is 5.73 Å². The second kappa shape index (κ2) is 4.49. The Morgan fingerprint density at radius 3 is 2.12 bits per heavy atom. The second-order valence-corrected chi connectivity index (χ2v) is 5.02. The highest BCUT2D eigenvalue weighted by molar-refractivity contribution is 7.80. The fraction of sp³-hybridized carbons (Fsp3) is 0.727. The van der Waals surface area contributed by atoms with Gasteiger partial charge in [0.25, 0.3) is 0 Å². The molecule has 2 N–H and O–H groups in total. The van der Waals surface area contributed by atoms with Gasteiger partial charge in [-0.1, -0.05) is 12.2 Å². The van der Waals surface area contributed by atoms with Crippen molar-refractivity contribution >= 4 is 29.0 Å². The number of imide groups is 1. The Balaban J connectivity index is 2.22. The minimum Gasteiger partial charge on any atom is -0.392 e.